The van der Waals surface area contributed by atoms with Crippen LogP contribution in [0, 0.1) is 0 Å². The fourth-order valence-corrected chi connectivity index (χ4v) is 5.89. The summed E-state index contributed by atoms with van der Waals surface area (Å²) in [5, 5.41) is 5.44. The number of amides is 2. The Morgan fingerprint density at radius 1 is 1.55 bits per heavy atom. The van der Waals surface area contributed by atoms with E-state index in [4.69, 9.17) is 17.8 Å². The van der Waals surface area contributed by atoms with Crippen LogP contribution in [0.1, 0.15) is 5.82 Å². The van der Waals surface area contributed by atoms with Gasteiger partial charge in [-0.1, -0.05) is 27.7 Å². The fraction of sp³-hybridized carbons (Fsp3) is 0.429. The quantitative estimate of drug-likeness (QED) is 0.0831. The normalized spacial score (nSPS) is 21.8. The number of aromatic nitrogens is 2. The number of hydrogen-bond acceptors (Lipinski definition) is 11. The summed E-state index contributed by atoms with van der Waals surface area (Å²) in [7, 11) is 4.14. The number of fused-ring (bicyclic) bond motifs is 1. The summed E-state index contributed by atoms with van der Waals surface area (Å²) in [6.45, 7) is 0.286. The lowest BCUT2D eigenvalue weighted by Gasteiger charge is -2.49. The van der Waals surface area contributed by atoms with Crippen molar-refractivity contribution in [3.05, 3.63) is 17.1 Å². The van der Waals surface area contributed by atoms with E-state index in [2.05, 4.69) is 47.3 Å². The zero-order chi connectivity index (χ0) is 22.7. The van der Waals surface area contributed by atoms with Crippen LogP contribution in [0.3, 0.4) is 0 Å². The summed E-state index contributed by atoms with van der Waals surface area (Å²) in [5.41, 5.74) is 5.98. The Hall–Kier alpha value is -1.52. The second-order valence-corrected chi connectivity index (χ2v) is 9.93. The molecule has 3 atom stereocenters. The van der Waals surface area contributed by atoms with E-state index in [0.717, 1.165) is 17.1 Å². The minimum absolute atomic E-state index is 0.0693. The minimum Gasteiger partial charge on any atom is -0.452 e. The highest BCUT2D eigenvalue weighted by Crippen LogP contribution is 2.42. The second kappa shape index (κ2) is 10.4. The molecule has 1 fully saturated rings. The highest BCUT2D eigenvalue weighted by molar-refractivity contribution is 14.1. The zero-order valence-corrected chi connectivity index (χ0v) is 20.5. The Bertz CT molecular complexity index is 965. The number of oxime groups is 1. The Kier molecular flexibility index (Phi) is 8.10. The van der Waals surface area contributed by atoms with E-state index < -0.39 is 49.8 Å². The number of nitrogens with two attached hydrogens (primary N) is 1. The van der Waals surface area contributed by atoms with Crippen molar-refractivity contribution >= 4 is 90.1 Å². The molecule has 2 radical (unpaired) electrons. The maximum atomic E-state index is 12.8. The number of carbonyl (C=O) groups excluding carboxylic acids is 3. The molecular weight excluding hydrogens is 584 g/mol. The SMILES string of the molecule is [B]P(C)OC(=O)C1=C(CI)CSC2C(NC(=O)/C(=N\OCF)c3nsc(N)n3)C(=O)N12. The van der Waals surface area contributed by atoms with Gasteiger partial charge in [-0.15, -0.1) is 11.8 Å². The largest absolute Gasteiger partial charge is 0.452 e. The Balaban J connectivity index is 1.79. The summed E-state index contributed by atoms with van der Waals surface area (Å²) in [6.07, 6.45) is 0. The summed E-state index contributed by atoms with van der Waals surface area (Å²) >= 11 is 4.29. The second-order valence-electron chi connectivity index (χ2n) is 6.01. The maximum absolute atomic E-state index is 12.8. The van der Waals surface area contributed by atoms with Crippen molar-refractivity contribution < 1.29 is 28.1 Å². The van der Waals surface area contributed by atoms with E-state index >= 15 is 0 Å². The van der Waals surface area contributed by atoms with Crippen LogP contribution < -0.4 is 11.1 Å². The molecule has 2 amide bonds. The van der Waals surface area contributed by atoms with Gasteiger partial charge in [-0.2, -0.15) is 9.36 Å². The van der Waals surface area contributed by atoms with Crippen molar-refractivity contribution in [1.82, 2.24) is 19.6 Å². The van der Waals surface area contributed by atoms with Crippen molar-refractivity contribution in [3.63, 3.8) is 0 Å². The van der Waals surface area contributed by atoms with Crippen molar-refractivity contribution in [2.24, 2.45) is 5.16 Å². The number of hydrogen-bond donors (Lipinski definition) is 2. The molecule has 17 heteroatoms. The monoisotopic (exact) mass is 598 g/mol. The van der Waals surface area contributed by atoms with Crippen molar-refractivity contribution in [2.45, 2.75) is 11.4 Å². The van der Waals surface area contributed by atoms with E-state index in [1.165, 1.54) is 16.7 Å². The van der Waals surface area contributed by atoms with E-state index in [-0.39, 0.29) is 16.7 Å². The molecule has 1 aromatic rings. The van der Waals surface area contributed by atoms with Crippen molar-refractivity contribution in [1.29, 1.82) is 0 Å². The Labute approximate surface area is 200 Å². The van der Waals surface area contributed by atoms with Gasteiger partial charge in [-0.05, 0) is 12.2 Å². The van der Waals surface area contributed by atoms with Crippen LogP contribution in [0.5, 0.6) is 0 Å². The number of halogens is 2. The van der Waals surface area contributed by atoms with E-state index in [9.17, 15) is 18.8 Å². The number of nitrogens with zero attached hydrogens (tertiary/aromatic N) is 4. The molecule has 2 aliphatic heterocycles. The van der Waals surface area contributed by atoms with Gasteiger partial charge in [0.15, 0.2) is 12.7 Å². The van der Waals surface area contributed by atoms with Crippen LogP contribution in [0.15, 0.2) is 16.4 Å². The first-order valence-corrected chi connectivity index (χ1v) is 13.5. The van der Waals surface area contributed by atoms with Gasteiger partial charge in [-0.3, -0.25) is 14.5 Å². The molecular formula is C14H14BFIN6O5PS2. The van der Waals surface area contributed by atoms with E-state index in [0.29, 0.717) is 10.2 Å². The van der Waals surface area contributed by atoms with Gasteiger partial charge in [0, 0.05) is 29.7 Å². The van der Waals surface area contributed by atoms with Gasteiger partial charge in [-0.25, -0.2) is 9.18 Å². The van der Waals surface area contributed by atoms with Crippen LogP contribution in [-0.4, -0.2) is 80.4 Å². The predicted octanol–water partition coefficient (Wildman–Crippen LogP) is 0.510. The lowest BCUT2D eigenvalue weighted by Crippen LogP contribution is -2.71. The fourth-order valence-electron chi connectivity index (χ4n) is 2.76. The average molecular weight is 598 g/mol. The molecule has 3 rings (SSSR count). The van der Waals surface area contributed by atoms with Gasteiger partial charge in [0.05, 0.1) is 0 Å². The lowest BCUT2D eigenvalue weighted by atomic mass is 10.0. The van der Waals surface area contributed by atoms with Gasteiger partial charge in [0.25, 0.3) is 18.7 Å². The van der Waals surface area contributed by atoms with Crippen LogP contribution in [-0.2, 0) is 23.7 Å². The number of anilines is 1. The third-order valence-corrected chi connectivity index (χ3v) is 7.25. The highest BCUT2D eigenvalue weighted by Gasteiger charge is 2.54. The molecule has 0 aliphatic carbocycles. The number of alkyl halides is 2. The zero-order valence-electron chi connectivity index (χ0n) is 15.8. The smallest absolute Gasteiger partial charge is 0.356 e. The van der Waals surface area contributed by atoms with Gasteiger partial charge < -0.3 is 20.4 Å². The number of thioether (sulfide) groups is 1. The van der Waals surface area contributed by atoms with Gasteiger partial charge >= 0.3 is 5.97 Å². The Morgan fingerprint density at radius 3 is 2.87 bits per heavy atom. The minimum atomic E-state index is -1.46. The molecule has 3 unspecified atom stereocenters. The third-order valence-electron chi connectivity index (χ3n) is 3.99. The molecule has 3 heterocycles. The summed E-state index contributed by atoms with van der Waals surface area (Å²) < 4.78 is 21.9. The molecule has 0 aromatic carbocycles. The molecule has 11 nitrogen and oxygen atoms in total. The van der Waals surface area contributed by atoms with E-state index in [1.807, 2.05) is 0 Å². The van der Waals surface area contributed by atoms with Gasteiger partial charge in [0.1, 0.15) is 17.1 Å². The standard InChI is InChI=1S/C14H14BFIN6O5PS2/c1-29(15)28-13(26)8-5(2-17)3-30-12-7(11(25)23(8)12)19-10(24)6(21-27-4-16)9-20-14(18)31-22-9/h7,12H,2-4H2,1H3,(H,19,24)(H2,18,20,22)/b21-6-. The van der Waals surface area contributed by atoms with Crippen LogP contribution in [0.4, 0.5) is 9.52 Å². The third kappa shape index (κ3) is 5.12. The van der Waals surface area contributed by atoms with Crippen molar-refractivity contribution in [3.8, 4) is 0 Å². The number of nitrogen functional groups attached to an aromatic ring is 1. The number of rotatable bonds is 8. The first-order valence-electron chi connectivity index (χ1n) is 8.38. The highest BCUT2D eigenvalue weighted by atomic mass is 127. The first-order chi connectivity index (χ1) is 14.8. The molecule has 0 saturated carbocycles. The topological polar surface area (TPSA) is 149 Å². The lowest BCUT2D eigenvalue weighted by molar-refractivity contribution is -0.149. The van der Waals surface area contributed by atoms with Crippen molar-refractivity contribution in [2.75, 3.05) is 29.4 Å². The summed E-state index contributed by atoms with van der Waals surface area (Å²) in [6, 6.07) is -0.955. The molecule has 164 valence electrons. The molecule has 1 aromatic heterocycles. The van der Waals surface area contributed by atoms with E-state index in [1.54, 1.807) is 6.66 Å². The molecule has 31 heavy (non-hydrogen) atoms. The first kappa shape index (κ1) is 24.1. The molecule has 1 saturated heterocycles. The van der Waals surface area contributed by atoms with Crippen LogP contribution >= 0.6 is 53.9 Å². The summed E-state index contributed by atoms with van der Waals surface area (Å²) in [4.78, 5) is 47.5. The average Bonchev–Trinajstić information content (AvgIpc) is 3.16. The molecule has 2 aliphatic rings. The van der Waals surface area contributed by atoms with Crippen LogP contribution in [0.25, 0.3) is 0 Å². The summed E-state index contributed by atoms with van der Waals surface area (Å²) in [5.74, 6) is -1.72. The molecule has 3 N–H and O–H groups in total. The number of carbonyl (C=O) groups is 3. The number of β-lactam (4-membered cyclic amide) rings is 1. The van der Waals surface area contributed by atoms with Crippen LogP contribution in [0.2, 0.25) is 0 Å². The Morgan fingerprint density at radius 2 is 2.29 bits per heavy atom. The molecule has 0 bridgehead atoms. The predicted molar refractivity (Wildman–Crippen MR) is 124 cm³/mol. The molecule has 0 spiro atoms. The maximum Gasteiger partial charge on any atom is 0.356 e. The van der Waals surface area contributed by atoms with Gasteiger partial charge in [0.2, 0.25) is 11.5 Å². The number of nitrogens with one attached hydrogen (secondary N) is 1.